The Labute approximate surface area is 378 Å². The molecule has 0 bridgehead atoms. The molecule has 2 nitrogen and oxygen atoms in total. The molecule has 11 rings (SSSR count). The Bertz CT molecular complexity index is 3140. The maximum Gasteiger partial charge on any atom is 0.0539 e. The molecule has 0 aromatic heterocycles. The lowest BCUT2D eigenvalue weighted by Gasteiger charge is -2.36. The zero-order chi connectivity index (χ0) is 43.2. The van der Waals surface area contributed by atoms with Crippen LogP contribution in [0.25, 0.3) is 38.6 Å². The van der Waals surface area contributed by atoms with Crippen LogP contribution in [0.4, 0.5) is 28.4 Å². The van der Waals surface area contributed by atoms with E-state index in [-0.39, 0.29) is 11.3 Å². The van der Waals surface area contributed by atoms with E-state index in [9.17, 15) is 0 Å². The number of nitrogens with zero attached hydrogens (tertiary/aromatic N) is 2. The van der Waals surface area contributed by atoms with Crippen LogP contribution < -0.4 is 9.80 Å². The molecule has 2 heteroatoms. The molecule has 0 fully saturated rings. The monoisotopic (exact) mass is 824 g/mol. The normalized spacial score (nSPS) is 17.2. The van der Waals surface area contributed by atoms with Crippen LogP contribution in [0.5, 0.6) is 0 Å². The Morgan fingerprint density at radius 3 is 1.86 bits per heavy atom. The van der Waals surface area contributed by atoms with Crippen molar-refractivity contribution in [1.29, 1.82) is 0 Å². The second kappa shape index (κ2) is 16.4. The highest BCUT2D eigenvalue weighted by Gasteiger charge is 2.36. The van der Waals surface area contributed by atoms with Crippen molar-refractivity contribution in [2.75, 3.05) is 9.80 Å². The number of rotatable bonds is 9. The second-order valence-electron chi connectivity index (χ2n) is 18.1. The highest BCUT2D eigenvalue weighted by Crippen LogP contribution is 2.51. The first-order valence-electron chi connectivity index (χ1n) is 22.9. The number of hydrogen-bond donors (Lipinski definition) is 0. The van der Waals surface area contributed by atoms with Gasteiger partial charge in [0, 0.05) is 45.3 Å². The molecular formula is C62H52N2. The van der Waals surface area contributed by atoms with Crippen molar-refractivity contribution >= 4 is 44.8 Å². The van der Waals surface area contributed by atoms with Crippen molar-refractivity contribution < 1.29 is 0 Å². The number of allylic oxidation sites excluding steroid dienone is 7. The van der Waals surface area contributed by atoms with Gasteiger partial charge < -0.3 is 9.80 Å². The topological polar surface area (TPSA) is 6.48 Å². The van der Waals surface area contributed by atoms with E-state index in [0.717, 1.165) is 29.9 Å². The maximum absolute atomic E-state index is 2.48. The summed E-state index contributed by atoms with van der Waals surface area (Å²) in [5, 5.41) is 2.54. The number of benzene rings is 8. The molecule has 8 aromatic carbocycles. The average Bonchev–Trinajstić information content (AvgIpc) is 3.58. The molecule has 0 saturated heterocycles. The number of fused-ring (bicyclic) bond motifs is 4. The van der Waals surface area contributed by atoms with Gasteiger partial charge in [0.15, 0.2) is 0 Å². The van der Waals surface area contributed by atoms with E-state index < -0.39 is 0 Å². The highest BCUT2D eigenvalue weighted by molar-refractivity contribution is 5.97. The predicted octanol–water partition coefficient (Wildman–Crippen LogP) is 16.9. The number of anilines is 5. The van der Waals surface area contributed by atoms with E-state index in [1.165, 1.54) is 77.9 Å². The first kappa shape index (κ1) is 39.4. The molecule has 0 N–H and O–H groups in total. The fourth-order valence-corrected chi connectivity index (χ4v) is 10.7. The van der Waals surface area contributed by atoms with Gasteiger partial charge in [-0.2, -0.15) is 0 Å². The molecule has 64 heavy (non-hydrogen) atoms. The van der Waals surface area contributed by atoms with Crippen LogP contribution in [0.2, 0.25) is 0 Å². The van der Waals surface area contributed by atoms with Gasteiger partial charge in [0.25, 0.3) is 0 Å². The lowest BCUT2D eigenvalue weighted by molar-refractivity contribution is 0.577. The summed E-state index contributed by atoms with van der Waals surface area (Å²) in [6, 6.07) is 71.1. The van der Waals surface area contributed by atoms with Crippen molar-refractivity contribution in [3.63, 3.8) is 0 Å². The highest BCUT2D eigenvalue weighted by atomic mass is 15.2. The van der Waals surface area contributed by atoms with Crippen LogP contribution in [-0.2, 0) is 5.41 Å². The predicted molar refractivity (Wildman–Crippen MR) is 272 cm³/mol. The second-order valence-corrected chi connectivity index (χ2v) is 18.1. The van der Waals surface area contributed by atoms with Gasteiger partial charge in [-0.25, -0.2) is 0 Å². The summed E-state index contributed by atoms with van der Waals surface area (Å²) < 4.78 is 0. The van der Waals surface area contributed by atoms with Gasteiger partial charge >= 0.3 is 0 Å². The van der Waals surface area contributed by atoms with Crippen molar-refractivity contribution in [3.8, 4) is 22.3 Å². The molecule has 0 heterocycles. The molecule has 0 radical (unpaired) electrons. The molecule has 2 atom stereocenters. The Balaban J connectivity index is 0.954. The van der Waals surface area contributed by atoms with E-state index in [0.29, 0.717) is 5.92 Å². The van der Waals surface area contributed by atoms with E-state index in [4.69, 9.17) is 0 Å². The standard InChI is InChI=1S/C62H52N2/c1-43-18-16-31-60(63(48-21-6-4-7-22-48)50-38-36-45(37-39-50)53-28-17-20-44-19-10-11-25-52(44)53)61(43)47-34-32-46(33-35-47)54-26-13-15-30-59(54)64(49-23-8-5-9-24-49)51-40-41-56-55-27-12-14-29-57(55)62(2,3)58(56)42-51/h4-17,19-34,36-43,47H,18,35H2,1-3H3. The SMILES string of the molecule is CC1CC=CC(N(c2ccccc2)c2ccc(-c3cccc4ccccc34)cc2)=C1C1C=CC(c2ccccc2N(c2ccccc2)c2ccc3c(c2)C(C)(C)c2ccccc2-3)=CC1. The van der Waals surface area contributed by atoms with Crippen LogP contribution in [0, 0.1) is 11.8 Å². The lowest BCUT2D eigenvalue weighted by Crippen LogP contribution is -2.24. The summed E-state index contributed by atoms with van der Waals surface area (Å²) in [6.45, 7) is 7.13. The maximum atomic E-state index is 2.48. The first-order valence-corrected chi connectivity index (χ1v) is 22.9. The van der Waals surface area contributed by atoms with Crippen LogP contribution in [-0.4, -0.2) is 0 Å². The van der Waals surface area contributed by atoms with Gasteiger partial charge in [-0.3, -0.25) is 0 Å². The van der Waals surface area contributed by atoms with Crippen LogP contribution >= 0.6 is 0 Å². The Hall–Kier alpha value is -7.42. The third-order valence-electron chi connectivity index (χ3n) is 13.9. The Morgan fingerprint density at radius 2 is 1.09 bits per heavy atom. The zero-order valence-corrected chi connectivity index (χ0v) is 36.8. The largest absolute Gasteiger partial charge is 0.311 e. The number of hydrogen-bond acceptors (Lipinski definition) is 2. The smallest absolute Gasteiger partial charge is 0.0539 e. The minimum atomic E-state index is -0.0938. The van der Waals surface area contributed by atoms with E-state index in [2.05, 4.69) is 255 Å². The average molecular weight is 825 g/mol. The van der Waals surface area contributed by atoms with Crippen molar-refractivity contribution in [2.24, 2.45) is 11.8 Å². The Kier molecular flexibility index (Phi) is 10.1. The molecule has 8 aromatic rings. The third kappa shape index (κ3) is 6.91. The third-order valence-corrected chi connectivity index (χ3v) is 13.9. The molecule has 310 valence electrons. The van der Waals surface area contributed by atoms with Gasteiger partial charge in [0.1, 0.15) is 0 Å². The molecule has 0 amide bonds. The van der Waals surface area contributed by atoms with E-state index in [1.807, 2.05) is 0 Å². The minimum Gasteiger partial charge on any atom is -0.311 e. The fraction of sp³-hybridized carbons (Fsp3) is 0.129. The minimum absolute atomic E-state index is 0.0938. The van der Waals surface area contributed by atoms with E-state index in [1.54, 1.807) is 0 Å². The summed E-state index contributed by atoms with van der Waals surface area (Å²) in [4.78, 5) is 4.93. The van der Waals surface area contributed by atoms with Gasteiger partial charge in [0.2, 0.25) is 0 Å². The Morgan fingerprint density at radius 1 is 0.484 bits per heavy atom. The number of para-hydroxylation sites is 3. The summed E-state index contributed by atoms with van der Waals surface area (Å²) >= 11 is 0. The first-order chi connectivity index (χ1) is 31.4. The summed E-state index contributed by atoms with van der Waals surface area (Å²) in [7, 11) is 0. The lowest BCUT2D eigenvalue weighted by atomic mass is 9.78. The summed E-state index contributed by atoms with van der Waals surface area (Å²) in [5.74, 6) is 0.652. The molecule has 2 unspecified atom stereocenters. The molecule has 3 aliphatic carbocycles. The van der Waals surface area contributed by atoms with E-state index >= 15 is 0 Å². The van der Waals surface area contributed by atoms with Crippen molar-refractivity contribution in [1.82, 2.24) is 0 Å². The van der Waals surface area contributed by atoms with Gasteiger partial charge in [-0.1, -0.05) is 185 Å². The molecule has 0 aliphatic heterocycles. The zero-order valence-electron chi connectivity index (χ0n) is 36.8. The molecular weight excluding hydrogens is 773 g/mol. The quantitative estimate of drug-likeness (QED) is 0.143. The molecule has 0 spiro atoms. The van der Waals surface area contributed by atoms with Crippen molar-refractivity contribution in [3.05, 3.63) is 252 Å². The summed E-state index contributed by atoms with van der Waals surface area (Å²) in [5.41, 5.74) is 18.9. The molecule has 3 aliphatic rings. The van der Waals surface area contributed by atoms with Gasteiger partial charge in [0.05, 0.1) is 5.69 Å². The van der Waals surface area contributed by atoms with Gasteiger partial charge in [-0.15, -0.1) is 0 Å². The van der Waals surface area contributed by atoms with Crippen LogP contribution in [0.15, 0.2) is 236 Å². The fourth-order valence-electron chi connectivity index (χ4n) is 10.7. The van der Waals surface area contributed by atoms with Crippen molar-refractivity contribution in [2.45, 2.75) is 39.0 Å². The van der Waals surface area contributed by atoms with Crippen LogP contribution in [0.3, 0.4) is 0 Å². The van der Waals surface area contributed by atoms with Gasteiger partial charge in [-0.05, 0) is 135 Å². The molecule has 0 saturated carbocycles. The summed E-state index contributed by atoms with van der Waals surface area (Å²) in [6.07, 6.45) is 14.0. The van der Waals surface area contributed by atoms with Crippen LogP contribution in [0.1, 0.15) is 50.3 Å².